The fraction of sp³-hybridized carbons (Fsp3) is 0.490. The molecule has 8 atom stereocenters. The number of hydrogen-bond donors (Lipinski definition) is 9. The Kier molecular flexibility index (Phi) is 11.7. The molecule has 3 aromatic carbocycles. The summed E-state index contributed by atoms with van der Waals surface area (Å²) in [4.78, 5) is 43.4. The predicted molar refractivity (Wildman–Crippen MR) is 246 cm³/mol. The molecule has 6 aromatic rings. The number of aliphatic hydroxyl groups is 5. The van der Waals surface area contributed by atoms with Gasteiger partial charge in [-0.05, 0) is 111 Å². The maximum atomic E-state index is 13.9. The third-order valence-electron chi connectivity index (χ3n) is 15.7. The normalized spacial score (nSPS) is 24.8. The minimum absolute atomic E-state index is 0.0477. The second kappa shape index (κ2) is 17.3. The van der Waals surface area contributed by atoms with Crippen LogP contribution in [0.15, 0.2) is 70.1 Å². The van der Waals surface area contributed by atoms with Crippen molar-refractivity contribution in [2.24, 2.45) is 17.3 Å². The highest BCUT2D eigenvalue weighted by molar-refractivity contribution is 5.93. The van der Waals surface area contributed by atoms with E-state index in [1.807, 2.05) is 23.0 Å². The number of hydrogen-bond acceptors (Lipinski definition) is 13. The van der Waals surface area contributed by atoms with Crippen LogP contribution in [0.1, 0.15) is 80.9 Å². The van der Waals surface area contributed by atoms with Gasteiger partial charge in [0, 0.05) is 59.9 Å². The number of rotatable bonds is 13. The molecule has 1 amide bonds. The minimum Gasteiger partial charge on any atom is -0.508 e. The average Bonchev–Trinajstić information content (AvgIpc) is 4.12. The molecule has 2 spiro atoms. The Balaban J connectivity index is 1.07. The number of aromatic nitrogens is 2. The van der Waals surface area contributed by atoms with Crippen molar-refractivity contribution in [2.45, 2.75) is 120 Å². The number of nitrogens with one attached hydrogen (secondary N) is 2. The summed E-state index contributed by atoms with van der Waals surface area (Å²) in [5.74, 6) is 0.974. The number of carbonyl (C=O) groups excluding carboxylic acids is 1. The van der Waals surface area contributed by atoms with Crippen LogP contribution in [-0.4, -0.2) is 107 Å². The molecule has 16 heteroatoms. The first-order chi connectivity index (χ1) is 32.2. The first-order valence-corrected chi connectivity index (χ1v) is 23.5. The maximum Gasteiger partial charge on any atom is 0.226 e. The molecule has 10 rings (SSSR count). The molecule has 3 fully saturated rings. The molecule has 0 bridgehead atoms. The van der Waals surface area contributed by atoms with Crippen molar-refractivity contribution in [1.82, 2.24) is 14.9 Å². The molecule has 5 heterocycles. The second-order valence-corrected chi connectivity index (χ2v) is 19.6. The zero-order valence-electron chi connectivity index (χ0n) is 37.7. The van der Waals surface area contributed by atoms with Gasteiger partial charge in [0.15, 0.2) is 16.8 Å². The van der Waals surface area contributed by atoms with Crippen LogP contribution in [0.4, 0.5) is 0 Å². The van der Waals surface area contributed by atoms with E-state index < -0.39 is 60.7 Å². The number of fused-ring (bicyclic) bond motifs is 4. The third-order valence-corrected chi connectivity index (χ3v) is 15.7. The van der Waals surface area contributed by atoms with Crippen LogP contribution in [-0.2, 0) is 33.8 Å². The van der Waals surface area contributed by atoms with E-state index in [1.54, 1.807) is 13.0 Å². The Morgan fingerprint density at radius 2 is 1.78 bits per heavy atom. The summed E-state index contributed by atoms with van der Waals surface area (Å²) in [5.41, 5.74) is -0.333. The van der Waals surface area contributed by atoms with Crippen molar-refractivity contribution in [3.05, 3.63) is 93.7 Å². The van der Waals surface area contributed by atoms with E-state index in [-0.39, 0.29) is 41.1 Å². The van der Waals surface area contributed by atoms with Gasteiger partial charge in [-0.25, -0.2) is 9.78 Å². The zero-order valence-corrected chi connectivity index (χ0v) is 37.7. The average molecular weight is 922 g/mol. The summed E-state index contributed by atoms with van der Waals surface area (Å²) in [6.07, 6.45) is 3.66. The minimum atomic E-state index is -2.40. The number of aryl methyl sites for hydroxylation is 2. The van der Waals surface area contributed by atoms with Gasteiger partial charge in [-0.3, -0.25) is 9.59 Å². The molecule has 16 nitrogen and oxygen atoms in total. The van der Waals surface area contributed by atoms with Gasteiger partial charge in [0.2, 0.25) is 5.91 Å². The molecule has 2 saturated carbocycles. The Hall–Kier alpha value is -5.46. The number of aromatic amines is 1. The first-order valence-electron chi connectivity index (χ1n) is 23.5. The van der Waals surface area contributed by atoms with E-state index in [9.17, 15) is 45.3 Å². The van der Waals surface area contributed by atoms with Crippen molar-refractivity contribution >= 4 is 38.6 Å². The summed E-state index contributed by atoms with van der Waals surface area (Å²) >= 11 is 0. The van der Waals surface area contributed by atoms with Crippen molar-refractivity contribution in [1.29, 1.82) is 0 Å². The van der Waals surface area contributed by atoms with Crippen LogP contribution in [0.5, 0.6) is 17.2 Å². The van der Waals surface area contributed by atoms with Crippen LogP contribution >= 0.6 is 0 Å². The highest BCUT2D eigenvalue weighted by Gasteiger charge is 2.58. The highest BCUT2D eigenvalue weighted by Crippen LogP contribution is 2.56. The van der Waals surface area contributed by atoms with Gasteiger partial charge in [-0.1, -0.05) is 25.8 Å². The number of aliphatic hydroxyl groups excluding tert-OH is 4. The molecule has 3 aromatic heterocycles. The quantitative estimate of drug-likeness (QED) is 0.0545. The second-order valence-electron chi connectivity index (χ2n) is 19.6. The number of phenolic OH excluding ortho intramolecular Hbond substituents is 2. The fourth-order valence-corrected chi connectivity index (χ4v) is 12.3. The molecule has 356 valence electrons. The van der Waals surface area contributed by atoms with Crippen LogP contribution in [0.25, 0.3) is 38.3 Å². The van der Waals surface area contributed by atoms with Crippen molar-refractivity contribution in [3.63, 3.8) is 0 Å². The number of benzene rings is 3. The number of nitrogens with zero attached hydrogens (tertiary/aromatic N) is 1. The summed E-state index contributed by atoms with van der Waals surface area (Å²) in [6.45, 7) is 2.69. The van der Waals surface area contributed by atoms with E-state index in [0.29, 0.717) is 75.9 Å². The van der Waals surface area contributed by atoms with Gasteiger partial charge in [0.05, 0.1) is 22.9 Å². The Bertz CT molecular complexity index is 2920. The molecular formula is C51H59N3O13. The topological polar surface area (TPSA) is 249 Å². The number of amides is 1. The molecule has 2 aliphatic carbocycles. The van der Waals surface area contributed by atoms with Crippen LogP contribution in [0.2, 0.25) is 0 Å². The number of H-pyrrole nitrogens is 1. The van der Waals surface area contributed by atoms with Gasteiger partial charge in [-0.2, -0.15) is 0 Å². The smallest absolute Gasteiger partial charge is 0.226 e. The van der Waals surface area contributed by atoms with E-state index in [4.69, 9.17) is 18.9 Å². The molecular weight excluding hydrogens is 863 g/mol. The van der Waals surface area contributed by atoms with Crippen LogP contribution in [0.3, 0.4) is 0 Å². The zero-order chi connectivity index (χ0) is 47.0. The van der Waals surface area contributed by atoms with Gasteiger partial charge >= 0.3 is 0 Å². The summed E-state index contributed by atoms with van der Waals surface area (Å²) in [5, 5.41) is 81.6. The lowest BCUT2D eigenvalue weighted by molar-refractivity contribution is -0.375. The van der Waals surface area contributed by atoms with Gasteiger partial charge in [-0.15, -0.1) is 0 Å². The van der Waals surface area contributed by atoms with Crippen molar-refractivity contribution in [3.8, 4) is 22.9 Å². The molecule has 9 N–H and O–H groups in total. The number of carbonyl (C=O) groups is 1. The van der Waals surface area contributed by atoms with Gasteiger partial charge < -0.3 is 59.8 Å². The van der Waals surface area contributed by atoms with Crippen molar-refractivity contribution < 1.29 is 59.5 Å². The third kappa shape index (κ3) is 7.57. The monoisotopic (exact) mass is 921 g/mol. The van der Waals surface area contributed by atoms with Crippen molar-refractivity contribution in [2.75, 3.05) is 19.8 Å². The lowest BCUT2D eigenvalue weighted by atomic mass is 9.62. The number of aromatic hydroxyl groups is 2. The first kappa shape index (κ1) is 45.3. The number of ether oxygens (including phenoxy) is 1. The van der Waals surface area contributed by atoms with Gasteiger partial charge in [0.25, 0.3) is 0 Å². The van der Waals surface area contributed by atoms with Crippen LogP contribution in [0, 0.1) is 24.2 Å². The molecule has 0 radical (unpaired) electrons. The lowest BCUT2D eigenvalue weighted by Crippen LogP contribution is -2.59. The van der Waals surface area contributed by atoms with E-state index in [1.165, 1.54) is 36.4 Å². The standard InChI is InChI=1S/C51H59N3O13/c1-3-38-33-12-16-52-37(33)24-54(38)43-45-30(18-35-40(58)17-27(2)65-46(35)43)19-42(51(66-45)15-6-7-29(22-51)36-23-53-48(62)49(36)13-4-5-14-49)67-64-26-50(63,47(61)44(60)41(59)25-55)21-28-8-11-39(57)32-10-9-31(56)20-34(28)32/h8-12,16-18,20,24,29,36,41-42,44,47,52,55-57,59-61,63H,3-7,13-15,19,21-23,25-26H2,1-2H3,(H,53,62)/t29-,36+,41+,42+,44+,47-,50-,51+/m0/s1. The van der Waals surface area contributed by atoms with Gasteiger partial charge in [0.1, 0.15) is 65.2 Å². The van der Waals surface area contributed by atoms with Crippen LogP contribution < -0.4 is 15.5 Å². The molecule has 0 unspecified atom stereocenters. The Morgan fingerprint density at radius 3 is 2.55 bits per heavy atom. The van der Waals surface area contributed by atoms with E-state index >= 15 is 0 Å². The van der Waals surface area contributed by atoms with E-state index in [2.05, 4.69) is 17.2 Å². The lowest BCUT2D eigenvalue weighted by Gasteiger charge is -2.50. The summed E-state index contributed by atoms with van der Waals surface area (Å²) < 4.78 is 16.0. The molecule has 67 heavy (non-hydrogen) atoms. The SMILES string of the molecule is CCc1c2cc[nH]c2cn1-c1c2c(cc3c(=O)cc(C)oc13)C[C@@H](OOC[C@@](O)(Cc1ccc(O)c3ccc(O)cc13)[C@@H](O)[C@H](O)[C@H](O)CO)[C@]1(CCC[C@H]([C@H]3CNC(=O)C34CCCC4)C1)O2. The molecule has 2 aliphatic heterocycles. The Morgan fingerprint density at radius 1 is 0.970 bits per heavy atom. The fourth-order valence-electron chi connectivity index (χ4n) is 12.3. The van der Waals surface area contributed by atoms with E-state index in [0.717, 1.165) is 55.1 Å². The molecule has 4 aliphatic rings. The predicted octanol–water partition coefficient (Wildman–Crippen LogP) is 5.04. The molecule has 1 saturated heterocycles. The summed E-state index contributed by atoms with van der Waals surface area (Å²) in [7, 11) is 0. The highest BCUT2D eigenvalue weighted by atomic mass is 17.2. The largest absolute Gasteiger partial charge is 0.508 e. The summed E-state index contributed by atoms with van der Waals surface area (Å²) in [6, 6.07) is 12.5. The Labute approximate surface area is 385 Å². The number of phenols is 2. The maximum absolute atomic E-state index is 13.9.